The summed E-state index contributed by atoms with van der Waals surface area (Å²) in [6.07, 6.45) is 1.78. The summed E-state index contributed by atoms with van der Waals surface area (Å²) in [7, 11) is 0. The van der Waals surface area contributed by atoms with Crippen LogP contribution in [0.1, 0.15) is 11.1 Å². The summed E-state index contributed by atoms with van der Waals surface area (Å²) >= 11 is 3.38. The Morgan fingerprint density at radius 1 is 1.11 bits per heavy atom. The van der Waals surface area contributed by atoms with Crippen LogP contribution in [-0.2, 0) is 0 Å². The third-order valence-corrected chi connectivity index (χ3v) is 3.54. The van der Waals surface area contributed by atoms with Gasteiger partial charge in [-0.2, -0.15) is 0 Å². The first-order valence-corrected chi connectivity index (χ1v) is 6.52. The van der Waals surface area contributed by atoms with Crippen molar-refractivity contribution in [1.82, 2.24) is 15.0 Å². The molecule has 3 aromatic rings. The minimum Gasteiger partial charge on any atom is -0.337 e. The number of fused-ring (bicyclic) bond motifs is 1. The lowest BCUT2D eigenvalue weighted by Gasteiger charge is -1.97. The first-order chi connectivity index (χ1) is 8.63. The number of aryl methyl sites for hydroxylation is 2. The zero-order valence-electron chi connectivity index (χ0n) is 10.2. The Bertz CT molecular complexity index is 675. The lowest BCUT2D eigenvalue weighted by atomic mass is 10.1. The smallest absolute Gasteiger partial charge is 0.157 e. The van der Waals surface area contributed by atoms with Crippen LogP contribution in [0.4, 0.5) is 0 Å². The van der Waals surface area contributed by atoms with Gasteiger partial charge in [-0.05, 0) is 65.2 Å². The lowest BCUT2D eigenvalue weighted by molar-refractivity contribution is 1.23. The van der Waals surface area contributed by atoms with Crippen LogP contribution >= 0.6 is 15.9 Å². The second-order valence-electron chi connectivity index (χ2n) is 4.40. The van der Waals surface area contributed by atoms with Crippen LogP contribution in [0.25, 0.3) is 22.6 Å². The van der Waals surface area contributed by atoms with E-state index >= 15 is 0 Å². The van der Waals surface area contributed by atoms with Crippen molar-refractivity contribution in [3.05, 3.63) is 46.1 Å². The first kappa shape index (κ1) is 11.4. The molecular weight excluding hydrogens is 290 g/mol. The summed E-state index contributed by atoms with van der Waals surface area (Å²) in [6, 6.07) is 8.14. The zero-order chi connectivity index (χ0) is 12.7. The van der Waals surface area contributed by atoms with E-state index in [0.29, 0.717) is 0 Å². The molecule has 1 aromatic carbocycles. The number of hydrogen-bond acceptors (Lipinski definition) is 2. The molecule has 0 saturated carbocycles. The summed E-state index contributed by atoms with van der Waals surface area (Å²) in [4.78, 5) is 12.2. The van der Waals surface area contributed by atoms with Crippen LogP contribution in [0.15, 0.2) is 34.9 Å². The highest BCUT2D eigenvalue weighted by Crippen LogP contribution is 2.22. The molecule has 0 unspecified atom stereocenters. The lowest BCUT2D eigenvalue weighted by Crippen LogP contribution is -1.84. The molecule has 0 aliphatic rings. The largest absolute Gasteiger partial charge is 0.337 e. The van der Waals surface area contributed by atoms with E-state index in [0.717, 1.165) is 27.0 Å². The third kappa shape index (κ3) is 1.93. The fraction of sp³-hybridized carbons (Fsp3) is 0.143. The average Bonchev–Trinajstić information content (AvgIpc) is 2.73. The predicted molar refractivity (Wildman–Crippen MR) is 76.5 cm³/mol. The average molecular weight is 302 g/mol. The molecule has 2 heterocycles. The molecule has 18 heavy (non-hydrogen) atoms. The standard InChI is InChI=1S/C14H12BrN3/c1-8-5-12-13(6-9(8)2)18-14(17-12)11-4-3-10(15)7-16-11/h3-7H,1-2H3,(H,17,18). The fourth-order valence-electron chi connectivity index (χ4n) is 1.91. The molecule has 0 saturated heterocycles. The van der Waals surface area contributed by atoms with Crippen LogP contribution in [0.2, 0.25) is 0 Å². The van der Waals surface area contributed by atoms with Gasteiger partial charge in [-0.3, -0.25) is 4.98 Å². The minimum absolute atomic E-state index is 0.808. The number of aromatic amines is 1. The molecule has 0 spiro atoms. The minimum atomic E-state index is 0.808. The maximum Gasteiger partial charge on any atom is 0.157 e. The summed E-state index contributed by atoms with van der Waals surface area (Å²) in [5, 5.41) is 0. The highest BCUT2D eigenvalue weighted by molar-refractivity contribution is 9.10. The highest BCUT2D eigenvalue weighted by atomic mass is 79.9. The van der Waals surface area contributed by atoms with Gasteiger partial charge >= 0.3 is 0 Å². The van der Waals surface area contributed by atoms with Crippen molar-refractivity contribution >= 4 is 27.0 Å². The molecule has 0 bridgehead atoms. The zero-order valence-corrected chi connectivity index (χ0v) is 11.7. The van der Waals surface area contributed by atoms with E-state index in [2.05, 4.69) is 56.9 Å². The van der Waals surface area contributed by atoms with Gasteiger partial charge in [-0.1, -0.05) is 0 Å². The molecule has 4 heteroatoms. The van der Waals surface area contributed by atoms with Crippen molar-refractivity contribution < 1.29 is 0 Å². The van der Waals surface area contributed by atoms with Crippen LogP contribution in [0.5, 0.6) is 0 Å². The third-order valence-electron chi connectivity index (χ3n) is 3.07. The van der Waals surface area contributed by atoms with E-state index in [9.17, 15) is 0 Å². The van der Waals surface area contributed by atoms with Crippen molar-refractivity contribution in [2.24, 2.45) is 0 Å². The van der Waals surface area contributed by atoms with E-state index in [1.54, 1.807) is 6.20 Å². The Morgan fingerprint density at radius 3 is 2.61 bits per heavy atom. The molecule has 0 aliphatic carbocycles. The molecule has 0 radical (unpaired) electrons. The molecule has 1 N–H and O–H groups in total. The number of benzene rings is 1. The molecule has 90 valence electrons. The number of hydrogen-bond donors (Lipinski definition) is 1. The quantitative estimate of drug-likeness (QED) is 0.738. The molecule has 3 nitrogen and oxygen atoms in total. The van der Waals surface area contributed by atoms with Crippen molar-refractivity contribution in [1.29, 1.82) is 0 Å². The number of imidazole rings is 1. The van der Waals surface area contributed by atoms with Crippen LogP contribution in [-0.4, -0.2) is 15.0 Å². The molecule has 0 fully saturated rings. The number of nitrogens with zero attached hydrogens (tertiary/aromatic N) is 2. The van der Waals surface area contributed by atoms with Crippen molar-refractivity contribution in [3.63, 3.8) is 0 Å². The van der Waals surface area contributed by atoms with Crippen LogP contribution in [0, 0.1) is 13.8 Å². The van der Waals surface area contributed by atoms with E-state index < -0.39 is 0 Å². The summed E-state index contributed by atoms with van der Waals surface area (Å²) < 4.78 is 0.967. The van der Waals surface area contributed by atoms with Crippen molar-refractivity contribution in [2.45, 2.75) is 13.8 Å². The molecule has 0 amide bonds. The Hall–Kier alpha value is -1.68. The van der Waals surface area contributed by atoms with Gasteiger partial charge in [0.2, 0.25) is 0 Å². The Kier molecular flexibility index (Phi) is 2.67. The Balaban J connectivity index is 2.16. The Labute approximate surface area is 113 Å². The summed E-state index contributed by atoms with van der Waals surface area (Å²) in [5.41, 5.74) is 5.41. The number of pyridine rings is 1. The normalized spacial score (nSPS) is 11.1. The maximum absolute atomic E-state index is 4.58. The summed E-state index contributed by atoms with van der Waals surface area (Å²) in [5.74, 6) is 0.808. The van der Waals surface area contributed by atoms with Gasteiger partial charge < -0.3 is 4.98 Å². The SMILES string of the molecule is Cc1cc2nc(-c3ccc(Br)cn3)[nH]c2cc1C. The van der Waals surface area contributed by atoms with Gasteiger partial charge in [0.15, 0.2) is 5.82 Å². The molecule has 3 rings (SSSR count). The van der Waals surface area contributed by atoms with Gasteiger partial charge in [0.1, 0.15) is 5.69 Å². The van der Waals surface area contributed by atoms with Crippen LogP contribution < -0.4 is 0 Å². The fourth-order valence-corrected chi connectivity index (χ4v) is 2.14. The van der Waals surface area contributed by atoms with Gasteiger partial charge in [0, 0.05) is 10.7 Å². The Morgan fingerprint density at radius 2 is 1.89 bits per heavy atom. The topological polar surface area (TPSA) is 41.6 Å². The van der Waals surface area contributed by atoms with Gasteiger partial charge in [0.05, 0.1) is 11.0 Å². The second-order valence-corrected chi connectivity index (χ2v) is 5.32. The van der Waals surface area contributed by atoms with Crippen molar-refractivity contribution in [2.75, 3.05) is 0 Å². The first-order valence-electron chi connectivity index (χ1n) is 5.72. The number of nitrogens with one attached hydrogen (secondary N) is 1. The van der Waals surface area contributed by atoms with Crippen LogP contribution in [0.3, 0.4) is 0 Å². The van der Waals surface area contributed by atoms with Gasteiger partial charge in [-0.15, -0.1) is 0 Å². The van der Waals surface area contributed by atoms with E-state index in [1.807, 2.05) is 12.1 Å². The van der Waals surface area contributed by atoms with E-state index in [-0.39, 0.29) is 0 Å². The number of halogens is 1. The molecule has 0 atom stereocenters. The monoisotopic (exact) mass is 301 g/mol. The van der Waals surface area contributed by atoms with Gasteiger partial charge in [0.25, 0.3) is 0 Å². The summed E-state index contributed by atoms with van der Waals surface area (Å²) in [6.45, 7) is 4.20. The van der Waals surface area contributed by atoms with Gasteiger partial charge in [-0.25, -0.2) is 4.98 Å². The molecule has 0 aliphatic heterocycles. The van der Waals surface area contributed by atoms with E-state index in [4.69, 9.17) is 0 Å². The number of rotatable bonds is 1. The second kappa shape index (κ2) is 4.21. The molecule has 2 aromatic heterocycles. The van der Waals surface area contributed by atoms with E-state index in [1.165, 1.54) is 11.1 Å². The molecular formula is C14H12BrN3. The number of H-pyrrole nitrogens is 1. The predicted octanol–water partition coefficient (Wildman–Crippen LogP) is 4.00. The number of aromatic nitrogens is 3. The van der Waals surface area contributed by atoms with Crippen molar-refractivity contribution in [3.8, 4) is 11.5 Å². The maximum atomic E-state index is 4.58. The highest BCUT2D eigenvalue weighted by Gasteiger charge is 2.07.